The zero-order valence-electron chi connectivity index (χ0n) is 9.28. The van der Waals surface area contributed by atoms with Gasteiger partial charge in [-0.15, -0.1) is 0 Å². The molecular weight excluding hydrogens is 216 g/mol. The fourth-order valence-corrected chi connectivity index (χ4v) is 3.24. The first-order valence-corrected chi connectivity index (χ1v) is 6.79. The Bertz CT molecular complexity index is 471. The maximum atomic E-state index is 4.44. The number of anilines is 1. The van der Waals surface area contributed by atoms with Gasteiger partial charge in [0.15, 0.2) is 0 Å². The first-order chi connectivity index (χ1) is 7.93. The molecule has 0 amide bonds. The summed E-state index contributed by atoms with van der Waals surface area (Å²) in [6.07, 6.45) is 5.61. The van der Waals surface area contributed by atoms with Crippen LogP contribution in [0.5, 0.6) is 0 Å². The molecule has 1 N–H and O–H groups in total. The number of nitrogens with zero attached hydrogens (tertiary/aromatic N) is 1. The molecule has 1 aromatic carbocycles. The van der Waals surface area contributed by atoms with Crippen LogP contribution in [0.1, 0.15) is 25.7 Å². The van der Waals surface area contributed by atoms with Gasteiger partial charge in [-0.2, -0.15) is 4.37 Å². The van der Waals surface area contributed by atoms with E-state index >= 15 is 0 Å². The average Bonchev–Trinajstić information content (AvgIpc) is 2.96. The number of nitrogens with one attached hydrogen (secondary N) is 1. The zero-order chi connectivity index (χ0) is 10.8. The summed E-state index contributed by atoms with van der Waals surface area (Å²) >= 11 is 1.59. The van der Waals surface area contributed by atoms with E-state index in [-0.39, 0.29) is 0 Å². The molecule has 0 unspecified atom stereocenters. The van der Waals surface area contributed by atoms with Crippen molar-refractivity contribution in [3.05, 3.63) is 24.3 Å². The molecule has 1 heterocycles. The minimum absolute atomic E-state index is 0.876. The second kappa shape index (κ2) is 4.42. The lowest BCUT2D eigenvalue weighted by Gasteiger charge is -2.09. The minimum atomic E-state index is 0.876. The van der Waals surface area contributed by atoms with E-state index in [0.717, 1.165) is 18.0 Å². The van der Waals surface area contributed by atoms with Gasteiger partial charge < -0.3 is 5.32 Å². The lowest BCUT2D eigenvalue weighted by molar-refractivity contribution is 0.581. The molecular formula is C13H16N2S. The second-order valence-corrected chi connectivity index (χ2v) is 5.33. The third-order valence-electron chi connectivity index (χ3n) is 3.41. The molecule has 3 rings (SSSR count). The van der Waals surface area contributed by atoms with Gasteiger partial charge in [0.25, 0.3) is 0 Å². The molecule has 1 aliphatic rings. The van der Waals surface area contributed by atoms with Gasteiger partial charge >= 0.3 is 0 Å². The fourth-order valence-electron chi connectivity index (χ4n) is 2.47. The van der Waals surface area contributed by atoms with Crippen LogP contribution in [0.25, 0.3) is 10.9 Å². The van der Waals surface area contributed by atoms with E-state index in [0.29, 0.717) is 0 Å². The van der Waals surface area contributed by atoms with E-state index in [1.165, 1.54) is 36.1 Å². The molecule has 0 saturated heterocycles. The van der Waals surface area contributed by atoms with Gasteiger partial charge in [0, 0.05) is 11.9 Å². The van der Waals surface area contributed by atoms with Crippen molar-refractivity contribution in [3.63, 3.8) is 0 Å². The highest BCUT2D eigenvalue weighted by Crippen LogP contribution is 2.29. The van der Waals surface area contributed by atoms with Gasteiger partial charge in [0.2, 0.25) is 0 Å². The predicted octanol–water partition coefficient (Wildman–Crippen LogP) is 3.90. The van der Waals surface area contributed by atoms with Gasteiger partial charge in [0.05, 0.1) is 5.52 Å². The number of hydrogen-bond donors (Lipinski definition) is 1. The molecule has 1 saturated carbocycles. The summed E-state index contributed by atoms with van der Waals surface area (Å²) in [4.78, 5) is 0. The largest absolute Gasteiger partial charge is 0.375 e. The highest BCUT2D eigenvalue weighted by Gasteiger charge is 2.15. The van der Waals surface area contributed by atoms with Gasteiger partial charge in [0.1, 0.15) is 5.00 Å². The molecule has 16 heavy (non-hydrogen) atoms. The normalized spacial score (nSPS) is 17.0. The van der Waals surface area contributed by atoms with E-state index < -0.39 is 0 Å². The Morgan fingerprint density at radius 2 is 2.06 bits per heavy atom. The summed E-state index contributed by atoms with van der Waals surface area (Å²) in [6.45, 7) is 1.12. The van der Waals surface area contributed by atoms with Crippen molar-refractivity contribution in [2.45, 2.75) is 25.7 Å². The molecule has 0 spiro atoms. The third kappa shape index (κ3) is 1.92. The van der Waals surface area contributed by atoms with Gasteiger partial charge in [-0.25, -0.2) is 0 Å². The smallest absolute Gasteiger partial charge is 0.117 e. The fraction of sp³-hybridized carbons (Fsp3) is 0.462. The maximum Gasteiger partial charge on any atom is 0.117 e. The van der Waals surface area contributed by atoms with Gasteiger partial charge in [-0.05, 0) is 42.4 Å². The monoisotopic (exact) mass is 232 g/mol. The summed E-state index contributed by atoms with van der Waals surface area (Å²) < 4.78 is 4.44. The minimum Gasteiger partial charge on any atom is -0.375 e. The Kier molecular flexibility index (Phi) is 2.79. The van der Waals surface area contributed by atoms with Crippen LogP contribution in [0.4, 0.5) is 5.00 Å². The van der Waals surface area contributed by atoms with E-state index in [4.69, 9.17) is 0 Å². The van der Waals surface area contributed by atoms with E-state index in [9.17, 15) is 0 Å². The number of rotatable bonds is 3. The maximum absolute atomic E-state index is 4.44. The summed E-state index contributed by atoms with van der Waals surface area (Å²) in [5.74, 6) is 0.876. The highest BCUT2D eigenvalue weighted by atomic mass is 32.1. The van der Waals surface area contributed by atoms with Crippen LogP contribution >= 0.6 is 11.5 Å². The first kappa shape index (κ1) is 10.1. The predicted molar refractivity (Wildman–Crippen MR) is 70.1 cm³/mol. The molecule has 2 nitrogen and oxygen atoms in total. The Balaban J connectivity index is 1.73. The van der Waals surface area contributed by atoms with Crippen LogP contribution < -0.4 is 5.32 Å². The van der Waals surface area contributed by atoms with Crippen LogP contribution in [0, 0.1) is 5.92 Å². The Hall–Kier alpha value is -1.09. The van der Waals surface area contributed by atoms with Crippen molar-refractivity contribution in [1.29, 1.82) is 0 Å². The number of benzene rings is 1. The molecule has 1 fully saturated rings. The molecule has 3 heteroatoms. The first-order valence-electron chi connectivity index (χ1n) is 6.02. The van der Waals surface area contributed by atoms with E-state index in [1.54, 1.807) is 11.5 Å². The van der Waals surface area contributed by atoms with Crippen molar-refractivity contribution in [1.82, 2.24) is 4.37 Å². The van der Waals surface area contributed by atoms with E-state index in [2.05, 4.69) is 27.9 Å². The molecule has 0 bridgehead atoms. The molecule has 1 aromatic heterocycles. The topological polar surface area (TPSA) is 24.9 Å². The van der Waals surface area contributed by atoms with Gasteiger partial charge in [-0.1, -0.05) is 25.0 Å². The Labute approximate surface area is 99.8 Å². The SMILES string of the molecule is c1ccc2c(NCC3CCCC3)snc2c1. The standard InChI is InChI=1S/C13H16N2S/c1-2-6-10(5-1)9-14-13-11-7-3-4-8-12(11)15-16-13/h3-4,7-8,10,14H,1-2,5-6,9H2. The lowest BCUT2D eigenvalue weighted by atomic mass is 10.1. The summed E-state index contributed by atoms with van der Waals surface area (Å²) in [6, 6.07) is 8.35. The number of hydrogen-bond acceptors (Lipinski definition) is 3. The van der Waals surface area contributed by atoms with Crippen molar-refractivity contribution in [3.8, 4) is 0 Å². The quantitative estimate of drug-likeness (QED) is 0.868. The molecule has 0 atom stereocenters. The van der Waals surface area contributed by atoms with Crippen molar-refractivity contribution in [2.24, 2.45) is 5.92 Å². The van der Waals surface area contributed by atoms with E-state index in [1.807, 2.05) is 6.07 Å². The highest BCUT2D eigenvalue weighted by molar-refractivity contribution is 7.11. The molecule has 2 aromatic rings. The van der Waals surface area contributed by atoms with Crippen molar-refractivity contribution in [2.75, 3.05) is 11.9 Å². The second-order valence-electron chi connectivity index (χ2n) is 4.56. The number of fused-ring (bicyclic) bond motifs is 1. The Morgan fingerprint density at radius 3 is 2.94 bits per heavy atom. The molecule has 1 aliphatic carbocycles. The molecule has 84 valence electrons. The summed E-state index contributed by atoms with van der Waals surface area (Å²) in [5.41, 5.74) is 1.11. The number of aromatic nitrogens is 1. The van der Waals surface area contributed by atoms with Crippen molar-refractivity contribution < 1.29 is 0 Å². The van der Waals surface area contributed by atoms with Crippen molar-refractivity contribution >= 4 is 27.4 Å². The van der Waals surface area contributed by atoms with Crippen LogP contribution in [0.2, 0.25) is 0 Å². The van der Waals surface area contributed by atoms with Crippen LogP contribution in [-0.2, 0) is 0 Å². The lowest BCUT2D eigenvalue weighted by Crippen LogP contribution is -2.09. The summed E-state index contributed by atoms with van der Waals surface area (Å²) in [5, 5.41) is 6.07. The summed E-state index contributed by atoms with van der Waals surface area (Å²) in [7, 11) is 0. The zero-order valence-corrected chi connectivity index (χ0v) is 10.1. The van der Waals surface area contributed by atoms with Gasteiger partial charge in [-0.3, -0.25) is 0 Å². The third-order valence-corrected chi connectivity index (χ3v) is 4.24. The van der Waals surface area contributed by atoms with Crippen LogP contribution in [-0.4, -0.2) is 10.9 Å². The molecule has 0 radical (unpaired) electrons. The Morgan fingerprint density at radius 1 is 1.25 bits per heavy atom. The van der Waals surface area contributed by atoms with Crippen LogP contribution in [0.15, 0.2) is 24.3 Å². The average molecular weight is 232 g/mol. The molecule has 0 aliphatic heterocycles. The van der Waals surface area contributed by atoms with Crippen LogP contribution in [0.3, 0.4) is 0 Å².